The molecule has 0 unspecified atom stereocenters. The first kappa shape index (κ1) is 21.5. The summed E-state index contributed by atoms with van der Waals surface area (Å²) < 4.78 is 29.1. The molecule has 3 N–H and O–H groups in total. The summed E-state index contributed by atoms with van der Waals surface area (Å²) >= 11 is 0. The van der Waals surface area contributed by atoms with E-state index in [2.05, 4.69) is 20.5 Å². The number of tetrazole rings is 1. The molecule has 0 bridgehead atoms. The van der Waals surface area contributed by atoms with Gasteiger partial charge in [-0.2, -0.15) is 4.68 Å². The molecule has 1 aromatic carbocycles. The lowest BCUT2D eigenvalue weighted by molar-refractivity contribution is -0.149. The number of benzene rings is 1. The fourth-order valence-corrected chi connectivity index (χ4v) is 3.58. The summed E-state index contributed by atoms with van der Waals surface area (Å²) in [7, 11) is 0. The van der Waals surface area contributed by atoms with E-state index < -0.39 is 23.1 Å². The van der Waals surface area contributed by atoms with Crippen molar-refractivity contribution >= 4 is 17.4 Å². The van der Waals surface area contributed by atoms with Gasteiger partial charge in [-0.15, -0.1) is 5.10 Å². The second-order valence-corrected chi connectivity index (χ2v) is 7.93. The van der Waals surface area contributed by atoms with Gasteiger partial charge in [0.1, 0.15) is 17.0 Å². The highest BCUT2D eigenvalue weighted by molar-refractivity contribution is 5.79. The number of nitrogen functional groups attached to an aromatic ring is 1. The fourth-order valence-electron chi connectivity index (χ4n) is 3.58. The molecule has 1 aliphatic heterocycles. The molecule has 9 nitrogen and oxygen atoms in total. The molecule has 0 radical (unpaired) electrons. The Morgan fingerprint density at radius 2 is 2.06 bits per heavy atom. The number of nitrogens with two attached hydrogens (primary N) is 1. The first-order valence-electron chi connectivity index (χ1n) is 9.86. The number of anilines is 1. The highest BCUT2D eigenvalue weighted by Crippen LogP contribution is 2.31. The first-order chi connectivity index (χ1) is 15.2. The van der Waals surface area contributed by atoms with Crippen LogP contribution in [0, 0.1) is 11.6 Å². The number of carboxylic acid groups (broad SMARTS) is 1. The average molecular weight is 441 g/mol. The Hall–Kier alpha value is -3.73. The van der Waals surface area contributed by atoms with E-state index in [9.17, 15) is 18.7 Å². The van der Waals surface area contributed by atoms with E-state index in [-0.39, 0.29) is 17.3 Å². The summed E-state index contributed by atoms with van der Waals surface area (Å²) in [5, 5.41) is 20.8. The van der Waals surface area contributed by atoms with Crippen molar-refractivity contribution < 1.29 is 18.7 Å². The highest BCUT2D eigenvalue weighted by Gasteiger charge is 2.35. The normalized spacial score (nSPS) is 14.9. The van der Waals surface area contributed by atoms with Gasteiger partial charge in [0.2, 0.25) is 0 Å². The van der Waals surface area contributed by atoms with Crippen molar-refractivity contribution in [2.75, 3.05) is 18.8 Å². The fraction of sp³-hybridized carbons (Fsp3) is 0.286. The van der Waals surface area contributed by atoms with E-state index in [0.717, 1.165) is 21.9 Å². The third kappa shape index (κ3) is 3.71. The number of nitrogens with zero attached hydrogens (tertiary/aromatic N) is 6. The van der Waals surface area contributed by atoms with Gasteiger partial charge >= 0.3 is 5.97 Å². The van der Waals surface area contributed by atoms with Crippen LogP contribution in [0.15, 0.2) is 36.5 Å². The van der Waals surface area contributed by atoms with Crippen molar-refractivity contribution in [1.29, 1.82) is 0 Å². The number of carboxylic acids is 1. The van der Waals surface area contributed by atoms with Crippen LogP contribution >= 0.6 is 0 Å². The van der Waals surface area contributed by atoms with Gasteiger partial charge in [0.05, 0.1) is 5.56 Å². The quantitative estimate of drug-likeness (QED) is 0.619. The number of halogens is 2. The zero-order valence-electron chi connectivity index (χ0n) is 17.5. The SMILES string of the molecule is CC(C)(C(=O)O)N1CC=C(c2cnc(N)c(-c3nnnn3-c3cccc(F)c3F)c2)CC1. The molecule has 0 saturated carbocycles. The lowest BCUT2D eigenvalue weighted by Gasteiger charge is -2.37. The third-order valence-electron chi connectivity index (χ3n) is 5.68. The maximum atomic E-state index is 14.3. The Morgan fingerprint density at radius 3 is 2.75 bits per heavy atom. The zero-order chi connectivity index (χ0) is 23.0. The van der Waals surface area contributed by atoms with Gasteiger partial charge in [-0.25, -0.2) is 13.8 Å². The number of aromatic nitrogens is 5. The molecule has 3 heterocycles. The Balaban J connectivity index is 1.69. The van der Waals surface area contributed by atoms with Gasteiger partial charge in [-0.05, 0) is 60.0 Å². The molecule has 166 valence electrons. The molecule has 0 aliphatic carbocycles. The number of hydrogen-bond donors (Lipinski definition) is 2. The van der Waals surface area contributed by atoms with Crippen molar-refractivity contribution in [2.45, 2.75) is 25.8 Å². The van der Waals surface area contributed by atoms with Crippen molar-refractivity contribution in [3.05, 3.63) is 53.7 Å². The molecule has 4 rings (SSSR count). The highest BCUT2D eigenvalue weighted by atomic mass is 19.2. The van der Waals surface area contributed by atoms with Gasteiger partial charge in [-0.3, -0.25) is 9.69 Å². The zero-order valence-corrected chi connectivity index (χ0v) is 17.5. The molecule has 0 amide bonds. The smallest absolute Gasteiger partial charge is 0.323 e. The molecule has 0 saturated heterocycles. The van der Waals surface area contributed by atoms with Crippen LogP contribution in [-0.4, -0.2) is 59.8 Å². The number of rotatable bonds is 5. The Morgan fingerprint density at radius 1 is 1.28 bits per heavy atom. The predicted molar refractivity (Wildman–Crippen MR) is 113 cm³/mol. The Bertz CT molecular complexity index is 1220. The van der Waals surface area contributed by atoms with Crippen LogP contribution in [0.3, 0.4) is 0 Å². The third-order valence-corrected chi connectivity index (χ3v) is 5.68. The van der Waals surface area contributed by atoms with Crippen molar-refractivity contribution in [1.82, 2.24) is 30.1 Å². The van der Waals surface area contributed by atoms with Gasteiger partial charge in [0.25, 0.3) is 0 Å². The predicted octanol–water partition coefficient (Wildman–Crippen LogP) is 2.54. The van der Waals surface area contributed by atoms with Gasteiger partial charge in [-0.1, -0.05) is 12.1 Å². The number of pyridine rings is 1. The van der Waals surface area contributed by atoms with E-state index >= 15 is 0 Å². The lowest BCUT2D eigenvalue weighted by Crippen LogP contribution is -2.51. The molecule has 2 aromatic heterocycles. The summed E-state index contributed by atoms with van der Waals surface area (Å²) in [6.07, 6.45) is 4.16. The molecule has 0 spiro atoms. The molecule has 3 aromatic rings. The van der Waals surface area contributed by atoms with Crippen LogP contribution in [0.4, 0.5) is 14.6 Å². The van der Waals surface area contributed by atoms with Crippen molar-refractivity contribution in [2.24, 2.45) is 0 Å². The van der Waals surface area contributed by atoms with E-state index in [1.807, 2.05) is 11.0 Å². The second-order valence-electron chi connectivity index (χ2n) is 7.93. The number of hydrogen-bond acceptors (Lipinski definition) is 7. The summed E-state index contributed by atoms with van der Waals surface area (Å²) in [5.41, 5.74) is 7.01. The summed E-state index contributed by atoms with van der Waals surface area (Å²) in [6.45, 7) is 4.35. The van der Waals surface area contributed by atoms with Crippen LogP contribution in [0.1, 0.15) is 25.8 Å². The number of carbonyl (C=O) groups is 1. The van der Waals surface area contributed by atoms with Gasteiger partial charge in [0, 0.05) is 19.3 Å². The second kappa shape index (κ2) is 8.08. The minimum atomic E-state index is -1.08. The van der Waals surface area contributed by atoms with Crippen LogP contribution in [0.5, 0.6) is 0 Å². The largest absolute Gasteiger partial charge is 0.480 e. The van der Waals surface area contributed by atoms with E-state index in [4.69, 9.17) is 5.73 Å². The molecular formula is C21H21F2N7O2. The van der Waals surface area contributed by atoms with Gasteiger partial charge < -0.3 is 10.8 Å². The lowest BCUT2D eigenvalue weighted by atomic mass is 9.95. The van der Waals surface area contributed by atoms with Gasteiger partial charge in [0.15, 0.2) is 17.5 Å². The van der Waals surface area contributed by atoms with Crippen LogP contribution in [-0.2, 0) is 4.79 Å². The van der Waals surface area contributed by atoms with Crippen molar-refractivity contribution in [3.63, 3.8) is 0 Å². The Labute approximate surface area is 182 Å². The molecule has 32 heavy (non-hydrogen) atoms. The maximum absolute atomic E-state index is 14.3. The van der Waals surface area contributed by atoms with Crippen molar-refractivity contribution in [3.8, 4) is 17.1 Å². The molecule has 11 heteroatoms. The monoisotopic (exact) mass is 441 g/mol. The Kier molecular flexibility index (Phi) is 5.43. The van der Waals surface area contributed by atoms with Crippen LogP contribution in [0.25, 0.3) is 22.6 Å². The molecular weight excluding hydrogens is 420 g/mol. The first-order valence-corrected chi connectivity index (χ1v) is 9.86. The minimum absolute atomic E-state index is 0.117. The van der Waals surface area contributed by atoms with E-state index in [1.165, 1.54) is 12.1 Å². The maximum Gasteiger partial charge on any atom is 0.323 e. The van der Waals surface area contributed by atoms with Crippen LogP contribution in [0.2, 0.25) is 0 Å². The summed E-state index contributed by atoms with van der Waals surface area (Å²) in [4.78, 5) is 17.6. The summed E-state index contributed by atoms with van der Waals surface area (Å²) in [5.74, 6) is -2.75. The average Bonchev–Trinajstić information content (AvgIpc) is 3.25. The topological polar surface area (TPSA) is 123 Å². The minimum Gasteiger partial charge on any atom is -0.480 e. The summed E-state index contributed by atoms with van der Waals surface area (Å²) in [6, 6.07) is 5.46. The molecule has 0 fully saturated rings. The van der Waals surface area contributed by atoms with Crippen LogP contribution < -0.4 is 5.73 Å². The molecule has 1 aliphatic rings. The van der Waals surface area contributed by atoms with E-state index in [0.29, 0.717) is 25.1 Å². The number of aliphatic carboxylic acids is 1. The van der Waals surface area contributed by atoms with E-state index in [1.54, 1.807) is 26.1 Å². The molecule has 0 atom stereocenters. The standard InChI is InChI=1S/C21H21F2N7O2/c1-21(2,20(31)32)29-8-6-12(7-9-29)13-10-14(18(24)25-11-13)19-26-27-28-30(19)16-5-3-4-15(22)17(16)23/h3-6,10-11H,7-9H2,1-2H3,(H2,24,25)(H,31,32).